The number of aromatic hydroxyl groups is 1. The Balaban J connectivity index is 2.21. The molecule has 0 amide bonds. The minimum atomic E-state index is -0.338. The molecule has 0 aliphatic rings. The van der Waals surface area contributed by atoms with Gasteiger partial charge in [0.25, 0.3) is 5.56 Å². The molecule has 4 heterocycles. The van der Waals surface area contributed by atoms with Gasteiger partial charge in [0.1, 0.15) is 5.75 Å². The van der Waals surface area contributed by atoms with Gasteiger partial charge in [-0.1, -0.05) is 0 Å². The van der Waals surface area contributed by atoms with Crippen molar-refractivity contribution in [3.63, 3.8) is 0 Å². The average molecular weight is 306 g/mol. The second-order valence-corrected chi connectivity index (χ2v) is 5.38. The van der Waals surface area contributed by atoms with Gasteiger partial charge >= 0.3 is 0 Å². The molecular weight excluding hydrogens is 296 g/mol. The number of benzene rings is 1. The van der Waals surface area contributed by atoms with E-state index >= 15 is 0 Å². The van der Waals surface area contributed by atoms with Crippen molar-refractivity contribution in [2.24, 2.45) is 0 Å². The highest BCUT2D eigenvalue weighted by Gasteiger charge is 2.21. The third kappa shape index (κ3) is 1.36. The van der Waals surface area contributed by atoms with Crippen LogP contribution in [0.25, 0.3) is 38.2 Å². The van der Waals surface area contributed by atoms with Crippen molar-refractivity contribution in [1.29, 1.82) is 0 Å². The van der Waals surface area contributed by atoms with Crippen LogP contribution in [0.15, 0.2) is 35.3 Å². The van der Waals surface area contributed by atoms with Crippen molar-refractivity contribution < 1.29 is 9.84 Å². The lowest BCUT2D eigenvalue weighted by Crippen LogP contribution is -1.99. The molecule has 0 aliphatic carbocycles. The van der Waals surface area contributed by atoms with Crippen LogP contribution in [-0.4, -0.2) is 31.8 Å². The summed E-state index contributed by atoms with van der Waals surface area (Å²) in [5.41, 5.74) is 1.61. The number of nitrogens with one attached hydrogen (secondary N) is 1. The first kappa shape index (κ1) is 12.2. The molecule has 7 heteroatoms. The second kappa shape index (κ2) is 3.89. The molecular formula is C16H10N4O3. The number of methoxy groups -OCH3 is 1. The number of nitrogens with zero attached hydrogens (tertiary/aromatic N) is 3. The normalized spacial score (nSPS) is 12.0. The Morgan fingerprint density at radius 1 is 1.22 bits per heavy atom. The minimum absolute atomic E-state index is 0.164. The largest absolute Gasteiger partial charge is 0.497 e. The van der Waals surface area contributed by atoms with Gasteiger partial charge in [0.15, 0.2) is 5.65 Å². The fourth-order valence-electron chi connectivity index (χ4n) is 3.23. The van der Waals surface area contributed by atoms with E-state index in [0.717, 1.165) is 10.9 Å². The van der Waals surface area contributed by atoms with Gasteiger partial charge in [-0.05, 0) is 24.3 Å². The van der Waals surface area contributed by atoms with Crippen LogP contribution in [0, 0.1) is 0 Å². The Hall–Kier alpha value is -3.35. The number of fused-ring (bicyclic) bond motifs is 8. The quantitative estimate of drug-likeness (QED) is 0.494. The van der Waals surface area contributed by atoms with Crippen LogP contribution >= 0.6 is 0 Å². The van der Waals surface area contributed by atoms with E-state index in [1.54, 1.807) is 23.9 Å². The van der Waals surface area contributed by atoms with Gasteiger partial charge in [0, 0.05) is 17.0 Å². The summed E-state index contributed by atoms with van der Waals surface area (Å²) in [6, 6.07) is 7.24. The van der Waals surface area contributed by atoms with Gasteiger partial charge in [-0.2, -0.15) is 5.10 Å². The topological polar surface area (TPSA) is 92.5 Å². The maximum absolute atomic E-state index is 12.2. The molecule has 2 N–H and O–H groups in total. The number of aromatic amines is 1. The number of pyridine rings is 1. The lowest BCUT2D eigenvalue weighted by atomic mass is 10.1. The maximum atomic E-state index is 12.2. The Kier molecular flexibility index (Phi) is 2.07. The molecule has 23 heavy (non-hydrogen) atoms. The molecule has 5 rings (SSSR count). The monoisotopic (exact) mass is 306 g/mol. The van der Waals surface area contributed by atoms with Crippen molar-refractivity contribution >= 4 is 38.2 Å². The summed E-state index contributed by atoms with van der Waals surface area (Å²) in [6.07, 6.45) is 1.62. The fraction of sp³-hybridized carbons (Fsp3) is 0.0625. The van der Waals surface area contributed by atoms with Crippen LogP contribution in [0.2, 0.25) is 0 Å². The first-order valence-corrected chi connectivity index (χ1v) is 7.00. The van der Waals surface area contributed by atoms with E-state index in [1.807, 2.05) is 18.2 Å². The molecule has 1 aromatic carbocycles. The van der Waals surface area contributed by atoms with Crippen LogP contribution in [0.1, 0.15) is 0 Å². The third-order valence-corrected chi connectivity index (χ3v) is 4.21. The predicted molar refractivity (Wildman–Crippen MR) is 85.5 cm³/mol. The Morgan fingerprint density at radius 3 is 2.91 bits per heavy atom. The lowest BCUT2D eigenvalue weighted by molar-refractivity contribution is 0.415. The van der Waals surface area contributed by atoms with Crippen molar-refractivity contribution in [2.75, 3.05) is 7.11 Å². The first-order valence-electron chi connectivity index (χ1n) is 7.00. The van der Waals surface area contributed by atoms with E-state index in [0.29, 0.717) is 33.1 Å². The molecule has 0 radical (unpaired) electrons. The fourth-order valence-corrected chi connectivity index (χ4v) is 3.23. The van der Waals surface area contributed by atoms with Crippen LogP contribution in [0.5, 0.6) is 11.6 Å². The number of rotatable bonds is 1. The molecule has 0 unspecified atom stereocenters. The van der Waals surface area contributed by atoms with E-state index in [-0.39, 0.29) is 11.4 Å². The Morgan fingerprint density at radius 2 is 2.09 bits per heavy atom. The average Bonchev–Trinajstić information content (AvgIpc) is 3.22. The number of hydrogen-bond acceptors (Lipinski definition) is 5. The van der Waals surface area contributed by atoms with Crippen LogP contribution in [-0.2, 0) is 0 Å². The molecule has 4 aromatic heterocycles. The number of aromatic nitrogens is 4. The molecule has 0 aliphatic heterocycles. The zero-order chi connectivity index (χ0) is 15.7. The first-order chi connectivity index (χ1) is 11.2. The summed E-state index contributed by atoms with van der Waals surface area (Å²) in [4.78, 5) is 19.0. The van der Waals surface area contributed by atoms with Gasteiger partial charge in [0.2, 0.25) is 5.88 Å². The maximum Gasteiger partial charge on any atom is 0.259 e. The van der Waals surface area contributed by atoms with Crippen molar-refractivity contribution in [3.05, 3.63) is 40.8 Å². The second-order valence-electron chi connectivity index (χ2n) is 5.38. The third-order valence-electron chi connectivity index (χ3n) is 4.21. The van der Waals surface area contributed by atoms with Gasteiger partial charge in [-0.15, -0.1) is 0 Å². The molecule has 7 nitrogen and oxygen atoms in total. The van der Waals surface area contributed by atoms with Crippen LogP contribution < -0.4 is 10.3 Å². The molecule has 112 valence electrons. The molecule has 0 bridgehead atoms. The van der Waals surface area contributed by atoms with Crippen molar-refractivity contribution in [2.45, 2.75) is 0 Å². The highest BCUT2D eigenvalue weighted by atomic mass is 16.5. The number of hydrogen-bond donors (Lipinski definition) is 2. The van der Waals surface area contributed by atoms with Gasteiger partial charge in [-0.25, -0.2) is 9.50 Å². The summed E-state index contributed by atoms with van der Waals surface area (Å²) >= 11 is 0. The summed E-state index contributed by atoms with van der Waals surface area (Å²) in [6.45, 7) is 0. The smallest absolute Gasteiger partial charge is 0.259 e. The molecule has 0 spiro atoms. The standard InChI is InChI=1S/C16H10N4O3/c1-23-7-2-3-10-9(6-7)13-12-11(15(21)18-16(12)22)8-4-5-17-14(8)20(13)19-10/h2-6,22H,1H3,(H,18,21). The van der Waals surface area contributed by atoms with Crippen molar-refractivity contribution in [3.8, 4) is 11.6 Å². The summed E-state index contributed by atoms with van der Waals surface area (Å²) in [5, 5.41) is 17.1. The Labute approximate surface area is 128 Å². The number of H-pyrrole nitrogens is 1. The molecule has 0 atom stereocenters. The summed E-state index contributed by atoms with van der Waals surface area (Å²) in [7, 11) is 1.59. The van der Waals surface area contributed by atoms with E-state index in [4.69, 9.17) is 4.74 Å². The molecule has 0 saturated heterocycles. The van der Waals surface area contributed by atoms with E-state index in [1.165, 1.54) is 0 Å². The van der Waals surface area contributed by atoms with Gasteiger partial charge in [-0.3, -0.25) is 9.78 Å². The van der Waals surface area contributed by atoms with E-state index in [9.17, 15) is 9.90 Å². The highest BCUT2D eigenvalue weighted by Crippen LogP contribution is 2.36. The lowest BCUT2D eigenvalue weighted by Gasteiger charge is -2.01. The van der Waals surface area contributed by atoms with Crippen LogP contribution in [0.4, 0.5) is 0 Å². The van der Waals surface area contributed by atoms with Crippen molar-refractivity contribution in [1.82, 2.24) is 19.6 Å². The molecule has 0 saturated carbocycles. The van der Waals surface area contributed by atoms with E-state index < -0.39 is 0 Å². The minimum Gasteiger partial charge on any atom is -0.497 e. The molecule has 5 aromatic rings. The summed E-state index contributed by atoms with van der Waals surface area (Å²) < 4.78 is 6.94. The Bertz CT molecular complexity index is 1290. The van der Waals surface area contributed by atoms with Gasteiger partial charge in [0.05, 0.1) is 28.9 Å². The highest BCUT2D eigenvalue weighted by molar-refractivity contribution is 6.20. The predicted octanol–water partition coefficient (Wildman–Crippen LogP) is 2.03. The zero-order valence-corrected chi connectivity index (χ0v) is 12.0. The van der Waals surface area contributed by atoms with Gasteiger partial charge < -0.3 is 9.84 Å². The van der Waals surface area contributed by atoms with Crippen LogP contribution in [0.3, 0.4) is 0 Å². The number of ether oxygens (including phenoxy) is 1. The van der Waals surface area contributed by atoms with E-state index in [2.05, 4.69) is 15.1 Å². The zero-order valence-electron chi connectivity index (χ0n) is 12.0. The molecule has 0 fully saturated rings. The summed E-state index contributed by atoms with van der Waals surface area (Å²) in [5.74, 6) is 0.510. The SMILES string of the molecule is COc1ccc2nn3c4nccc4c4c(=O)[nH]c(O)c4c3c2c1.